The SMILES string of the molecule is Cc1ccc(NC(=O)CC(c2ccc(C(C)(C)C)cc2)c2c[nH]c3ccccc23)cc1. The number of carbonyl (C=O) groups is 1. The summed E-state index contributed by atoms with van der Waals surface area (Å²) >= 11 is 0. The minimum Gasteiger partial charge on any atom is -0.361 e. The summed E-state index contributed by atoms with van der Waals surface area (Å²) in [6.45, 7) is 8.69. The van der Waals surface area contributed by atoms with Crippen LogP contribution in [-0.2, 0) is 10.2 Å². The van der Waals surface area contributed by atoms with Crippen molar-refractivity contribution >= 4 is 22.5 Å². The van der Waals surface area contributed by atoms with Crippen LogP contribution in [0.5, 0.6) is 0 Å². The smallest absolute Gasteiger partial charge is 0.225 e. The summed E-state index contributed by atoms with van der Waals surface area (Å²) < 4.78 is 0. The van der Waals surface area contributed by atoms with Crippen molar-refractivity contribution in [3.63, 3.8) is 0 Å². The zero-order valence-corrected chi connectivity index (χ0v) is 18.7. The number of H-pyrrole nitrogens is 1. The van der Waals surface area contributed by atoms with E-state index in [0.717, 1.165) is 27.7 Å². The van der Waals surface area contributed by atoms with Crippen LogP contribution in [0.2, 0.25) is 0 Å². The molecule has 1 amide bonds. The van der Waals surface area contributed by atoms with Gasteiger partial charge in [-0.2, -0.15) is 0 Å². The van der Waals surface area contributed by atoms with Crippen LogP contribution in [0.4, 0.5) is 5.69 Å². The summed E-state index contributed by atoms with van der Waals surface area (Å²) in [5, 5.41) is 4.23. The molecule has 4 rings (SSSR count). The molecule has 0 bridgehead atoms. The molecular weight excluding hydrogens is 380 g/mol. The van der Waals surface area contributed by atoms with Gasteiger partial charge in [-0.1, -0.05) is 80.9 Å². The molecule has 0 radical (unpaired) electrons. The van der Waals surface area contributed by atoms with E-state index in [1.54, 1.807) is 0 Å². The lowest BCUT2D eigenvalue weighted by Crippen LogP contribution is -2.17. The Morgan fingerprint density at radius 2 is 1.61 bits per heavy atom. The van der Waals surface area contributed by atoms with Gasteiger partial charge in [-0.25, -0.2) is 0 Å². The van der Waals surface area contributed by atoms with E-state index in [-0.39, 0.29) is 17.2 Å². The number of carbonyl (C=O) groups excluding carboxylic acids is 1. The predicted molar refractivity (Wildman–Crippen MR) is 130 cm³/mol. The first-order chi connectivity index (χ1) is 14.8. The molecule has 0 aliphatic heterocycles. The lowest BCUT2D eigenvalue weighted by Gasteiger charge is -2.22. The molecular formula is C28H30N2O. The fourth-order valence-electron chi connectivity index (χ4n) is 4.04. The number of nitrogens with one attached hydrogen (secondary N) is 2. The molecule has 0 fully saturated rings. The molecule has 3 aromatic carbocycles. The van der Waals surface area contributed by atoms with Gasteiger partial charge in [0.15, 0.2) is 0 Å². The minimum absolute atomic E-state index is 0.0130. The number of amides is 1. The Labute approximate surface area is 184 Å². The molecule has 0 saturated carbocycles. The Hall–Kier alpha value is -3.33. The van der Waals surface area contributed by atoms with Gasteiger partial charge in [-0.15, -0.1) is 0 Å². The summed E-state index contributed by atoms with van der Waals surface area (Å²) in [4.78, 5) is 16.4. The average Bonchev–Trinajstić information content (AvgIpc) is 3.17. The van der Waals surface area contributed by atoms with E-state index in [9.17, 15) is 4.79 Å². The van der Waals surface area contributed by atoms with Crippen LogP contribution in [0, 0.1) is 6.92 Å². The summed E-state index contributed by atoms with van der Waals surface area (Å²) in [6.07, 6.45) is 2.43. The van der Waals surface area contributed by atoms with Gasteiger partial charge in [0.25, 0.3) is 0 Å². The molecule has 31 heavy (non-hydrogen) atoms. The highest BCUT2D eigenvalue weighted by molar-refractivity contribution is 5.92. The first-order valence-corrected chi connectivity index (χ1v) is 10.8. The van der Waals surface area contributed by atoms with E-state index >= 15 is 0 Å². The Morgan fingerprint density at radius 3 is 2.29 bits per heavy atom. The molecule has 1 aromatic heterocycles. The Morgan fingerprint density at radius 1 is 0.935 bits per heavy atom. The second kappa shape index (κ2) is 8.43. The number of hydrogen-bond acceptors (Lipinski definition) is 1. The van der Waals surface area contributed by atoms with Crippen molar-refractivity contribution in [3.05, 3.63) is 101 Å². The Kier molecular flexibility index (Phi) is 5.69. The van der Waals surface area contributed by atoms with Crippen LogP contribution >= 0.6 is 0 Å². The quantitative estimate of drug-likeness (QED) is 0.368. The van der Waals surface area contributed by atoms with Crippen LogP contribution in [-0.4, -0.2) is 10.9 Å². The molecule has 0 aliphatic rings. The van der Waals surface area contributed by atoms with Gasteiger partial charge >= 0.3 is 0 Å². The largest absolute Gasteiger partial charge is 0.361 e. The molecule has 0 aliphatic carbocycles. The second-order valence-electron chi connectivity index (χ2n) is 9.33. The highest BCUT2D eigenvalue weighted by Gasteiger charge is 2.22. The van der Waals surface area contributed by atoms with Gasteiger partial charge in [-0.05, 0) is 47.2 Å². The van der Waals surface area contributed by atoms with Gasteiger partial charge < -0.3 is 10.3 Å². The van der Waals surface area contributed by atoms with Crippen molar-refractivity contribution in [2.24, 2.45) is 0 Å². The zero-order chi connectivity index (χ0) is 22.0. The third-order valence-corrected chi connectivity index (χ3v) is 5.90. The Balaban J connectivity index is 1.67. The normalized spacial score (nSPS) is 12.6. The number of anilines is 1. The number of benzene rings is 3. The molecule has 3 heteroatoms. The van der Waals surface area contributed by atoms with Gasteiger partial charge in [0.2, 0.25) is 5.91 Å². The predicted octanol–water partition coefficient (Wildman–Crippen LogP) is 6.93. The first-order valence-electron chi connectivity index (χ1n) is 10.8. The molecule has 158 valence electrons. The molecule has 1 atom stereocenters. The van der Waals surface area contributed by atoms with E-state index in [0.29, 0.717) is 6.42 Å². The van der Waals surface area contributed by atoms with Gasteiger partial charge in [0.05, 0.1) is 0 Å². The zero-order valence-electron chi connectivity index (χ0n) is 18.7. The number of aryl methyl sites for hydroxylation is 1. The molecule has 1 unspecified atom stereocenters. The molecule has 4 aromatic rings. The number of aromatic nitrogens is 1. The number of rotatable bonds is 5. The lowest BCUT2D eigenvalue weighted by molar-refractivity contribution is -0.116. The highest BCUT2D eigenvalue weighted by Crippen LogP contribution is 2.35. The summed E-state index contributed by atoms with van der Waals surface area (Å²) in [6, 6.07) is 24.9. The fourth-order valence-corrected chi connectivity index (χ4v) is 4.04. The maximum Gasteiger partial charge on any atom is 0.225 e. The monoisotopic (exact) mass is 410 g/mol. The van der Waals surface area contributed by atoms with Crippen molar-refractivity contribution in [2.75, 3.05) is 5.32 Å². The van der Waals surface area contributed by atoms with E-state index in [1.165, 1.54) is 11.1 Å². The van der Waals surface area contributed by atoms with E-state index in [2.05, 4.69) is 67.5 Å². The van der Waals surface area contributed by atoms with Gasteiger partial charge in [-0.3, -0.25) is 4.79 Å². The standard InChI is InChI=1S/C28H30N2O/c1-19-9-15-22(16-10-19)30-27(31)17-24(20-11-13-21(14-12-20)28(2,3)4)25-18-29-26-8-6-5-7-23(25)26/h5-16,18,24,29H,17H2,1-4H3,(H,30,31). The third-order valence-electron chi connectivity index (χ3n) is 5.90. The van der Waals surface area contributed by atoms with E-state index in [1.807, 2.05) is 49.5 Å². The molecule has 0 saturated heterocycles. The Bertz CT molecular complexity index is 1180. The lowest BCUT2D eigenvalue weighted by atomic mass is 9.83. The van der Waals surface area contributed by atoms with Crippen molar-refractivity contribution in [2.45, 2.75) is 45.4 Å². The fraction of sp³-hybridized carbons (Fsp3) is 0.250. The first kappa shape index (κ1) is 20.9. The van der Waals surface area contributed by atoms with Crippen molar-refractivity contribution in [1.29, 1.82) is 0 Å². The van der Waals surface area contributed by atoms with E-state index < -0.39 is 0 Å². The van der Waals surface area contributed by atoms with Crippen molar-refractivity contribution in [3.8, 4) is 0 Å². The average molecular weight is 411 g/mol. The summed E-state index contributed by atoms with van der Waals surface area (Å²) in [5.74, 6) is -0.0188. The van der Waals surface area contributed by atoms with E-state index in [4.69, 9.17) is 0 Å². The second-order valence-corrected chi connectivity index (χ2v) is 9.33. The number of hydrogen-bond donors (Lipinski definition) is 2. The number of aromatic amines is 1. The summed E-state index contributed by atoms with van der Waals surface area (Å²) in [5.41, 5.74) is 6.78. The van der Waals surface area contributed by atoms with Crippen LogP contribution in [0.1, 0.15) is 55.4 Å². The molecule has 2 N–H and O–H groups in total. The van der Waals surface area contributed by atoms with Crippen molar-refractivity contribution in [1.82, 2.24) is 4.98 Å². The maximum absolute atomic E-state index is 13.0. The number of para-hydroxylation sites is 1. The topological polar surface area (TPSA) is 44.9 Å². The van der Waals surface area contributed by atoms with Crippen LogP contribution in [0.3, 0.4) is 0 Å². The highest BCUT2D eigenvalue weighted by atomic mass is 16.1. The molecule has 1 heterocycles. The number of fused-ring (bicyclic) bond motifs is 1. The molecule has 3 nitrogen and oxygen atoms in total. The summed E-state index contributed by atoms with van der Waals surface area (Å²) in [7, 11) is 0. The third kappa shape index (κ3) is 4.72. The van der Waals surface area contributed by atoms with Crippen LogP contribution in [0.25, 0.3) is 10.9 Å². The molecule has 0 spiro atoms. The van der Waals surface area contributed by atoms with Crippen LogP contribution in [0.15, 0.2) is 79.0 Å². The van der Waals surface area contributed by atoms with Crippen molar-refractivity contribution < 1.29 is 4.79 Å². The van der Waals surface area contributed by atoms with Crippen LogP contribution < -0.4 is 5.32 Å². The van der Waals surface area contributed by atoms with Gasteiger partial charge in [0.1, 0.15) is 0 Å². The minimum atomic E-state index is -0.0318. The van der Waals surface area contributed by atoms with Gasteiger partial charge in [0, 0.05) is 35.1 Å². The maximum atomic E-state index is 13.0.